The van der Waals surface area contributed by atoms with E-state index in [2.05, 4.69) is 15.1 Å². The maximum atomic E-state index is 12.5. The highest BCUT2D eigenvalue weighted by atomic mass is 35.5. The van der Waals surface area contributed by atoms with Crippen LogP contribution >= 0.6 is 35.8 Å². The Morgan fingerprint density at radius 2 is 2.05 bits per heavy atom. The van der Waals surface area contributed by atoms with Crippen molar-refractivity contribution in [1.82, 2.24) is 19.7 Å². The van der Waals surface area contributed by atoms with Gasteiger partial charge in [0.1, 0.15) is 0 Å². The van der Waals surface area contributed by atoms with Gasteiger partial charge in [-0.3, -0.25) is 4.68 Å². The van der Waals surface area contributed by atoms with Crippen LogP contribution in [0.15, 0.2) is 17.4 Å². The molecule has 116 valence electrons. The Kier molecular flexibility index (Phi) is 5.71. The van der Waals surface area contributed by atoms with Gasteiger partial charge >= 0.3 is 6.18 Å². The second kappa shape index (κ2) is 6.71. The molecule has 0 aliphatic heterocycles. The molecule has 0 unspecified atom stereocenters. The Morgan fingerprint density at radius 3 is 2.57 bits per heavy atom. The van der Waals surface area contributed by atoms with Crippen molar-refractivity contribution >= 4 is 35.8 Å². The van der Waals surface area contributed by atoms with E-state index in [1.807, 2.05) is 0 Å². The minimum atomic E-state index is -4.64. The summed E-state index contributed by atoms with van der Waals surface area (Å²) in [5.74, 6) is -0.539. The first kappa shape index (κ1) is 17.9. The number of thioether (sulfide) groups is 1. The van der Waals surface area contributed by atoms with E-state index in [1.165, 1.54) is 4.68 Å². The molecule has 0 saturated carbocycles. The van der Waals surface area contributed by atoms with Gasteiger partial charge in [-0.1, -0.05) is 23.4 Å². The first-order valence-corrected chi connectivity index (χ1v) is 6.58. The second-order valence-electron chi connectivity index (χ2n) is 3.78. The van der Waals surface area contributed by atoms with Crippen molar-refractivity contribution in [2.24, 2.45) is 7.05 Å². The Bertz CT molecular complexity index is 635. The summed E-state index contributed by atoms with van der Waals surface area (Å²) in [5.41, 5.74) is -0.695. The van der Waals surface area contributed by atoms with Gasteiger partial charge in [-0.05, 0) is 0 Å². The normalized spacial score (nSPS) is 11.3. The van der Waals surface area contributed by atoms with Crippen molar-refractivity contribution in [2.75, 3.05) is 0 Å². The average molecular weight is 361 g/mol. The van der Waals surface area contributed by atoms with E-state index in [4.69, 9.17) is 11.6 Å². The maximum absolute atomic E-state index is 12.5. The standard InChI is InChI=1S/C10H8ClF3N4OS.ClH/c1-18-3-5(11)6(17-18)4-20-9-15-7(10(12,13)14)2-8(19)16-9;/h2-3H,4H2,1H3,(H,15,16,19);1H. The van der Waals surface area contributed by atoms with Crippen molar-refractivity contribution < 1.29 is 18.3 Å². The van der Waals surface area contributed by atoms with E-state index in [-0.39, 0.29) is 23.3 Å². The summed E-state index contributed by atoms with van der Waals surface area (Å²) >= 11 is 6.78. The second-order valence-corrected chi connectivity index (χ2v) is 5.13. The quantitative estimate of drug-likeness (QED) is 0.671. The van der Waals surface area contributed by atoms with Crippen molar-refractivity contribution in [3.05, 3.63) is 28.7 Å². The summed E-state index contributed by atoms with van der Waals surface area (Å²) in [4.78, 5) is 6.87. The van der Waals surface area contributed by atoms with Crippen LogP contribution in [0.1, 0.15) is 11.4 Å². The summed E-state index contributed by atoms with van der Waals surface area (Å²) < 4.78 is 39.1. The number of hydrogen-bond acceptors (Lipinski definition) is 5. The lowest BCUT2D eigenvalue weighted by molar-refractivity contribution is -0.141. The largest absolute Gasteiger partial charge is 0.493 e. The van der Waals surface area contributed by atoms with Gasteiger partial charge in [0.15, 0.2) is 10.9 Å². The van der Waals surface area contributed by atoms with Crippen molar-refractivity contribution in [2.45, 2.75) is 17.1 Å². The third-order valence-corrected chi connectivity index (χ3v) is 3.35. The molecule has 0 aliphatic carbocycles. The van der Waals surface area contributed by atoms with Gasteiger partial charge in [-0.15, -0.1) is 12.4 Å². The van der Waals surface area contributed by atoms with Crippen LogP contribution in [0.4, 0.5) is 13.2 Å². The van der Waals surface area contributed by atoms with Crippen molar-refractivity contribution in [3.8, 4) is 5.88 Å². The minimum absolute atomic E-state index is 0. The van der Waals surface area contributed by atoms with E-state index in [1.54, 1.807) is 13.2 Å². The SMILES string of the molecule is Cl.Cn1cc(Cl)c(CSc2nc(O)cc(C(F)(F)F)n2)n1. The van der Waals surface area contributed by atoms with Gasteiger partial charge in [0.2, 0.25) is 5.88 Å². The predicted octanol–water partition coefficient (Wildman–Crippen LogP) is 3.30. The lowest BCUT2D eigenvalue weighted by atomic mass is 10.4. The lowest BCUT2D eigenvalue weighted by Crippen LogP contribution is -2.09. The fourth-order valence-corrected chi connectivity index (χ4v) is 2.48. The van der Waals surface area contributed by atoms with Gasteiger partial charge in [-0.2, -0.15) is 23.3 Å². The Balaban J connectivity index is 0.00000220. The number of rotatable bonds is 3. The number of hydrogen-bond donors (Lipinski definition) is 1. The zero-order valence-electron chi connectivity index (χ0n) is 10.4. The Hall–Kier alpha value is -1.19. The van der Waals surface area contributed by atoms with Crippen LogP contribution in [0.5, 0.6) is 5.88 Å². The highest BCUT2D eigenvalue weighted by molar-refractivity contribution is 7.98. The molecule has 0 aromatic carbocycles. The van der Waals surface area contributed by atoms with Crippen molar-refractivity contribution in [1.29, 1.82) is 0 Å². The van der Waals surface area contributed by atoms with E-state index in [0.29, 0.717) is 16.8 Å². The van der Waals surface area contributed by atoms with Gasteiger partial charge in [0, 0.05) is 25.1 Å². The number of nitrogens with zero attached hydrogens (tertiary/aromatic N) is 4. The molecule has 0 aliphatic rings. The number of alkyl halides is 3. The number of aryl methyl sites for hydroxylation is 1. The molecule has 2 aromatic rings. The summed E-state index contributed by atoms with van der Waals surface area (Å²) in [6, 6.07) is 0.470. The maximum Gasteiger partial charge on any atom is 0.433 e. The molecule has 0 bridgehead atoms. The molecule has 11 heteroatoms. The molecule has 2 aromatic heterocycles. The van der Waals surface area contributed by atoms with E-state index >= 15 is 0 Å². The Labute approximate surface area is 133 Å². The summed E-state index contributed by atoms with van der Waals surface area (Å²) in [6.07, 6.45) is -3.07. The molecule has 0 atom stereocenters. The average Bonchev–Trinajstić information content (AvgIpc) is 2.63. The van der Waals surface area contributed by atoms with Crippen LogP contribution in [0, 0.1) is 0 Å². The lowest BCUT2D eigenvalue weighted by Gasteiger charge is -2.07. The summed E-state index contributed by atoms with van der Waals surface area (Å²) in [6.45, 7) is 0. The highest BCUT2D eigenvalue weighted by Crippen LogP contribution is 2.31. The monoisotopic (exact) mass is 360 g/mol. The van der Waals surface area contributed by atoms with E-state index in [9.17, 15) is 18.3 Å². The van der Waals surface area contributed by atoms with Crippen LogP contribution in [0.2, 0.25) is 5.02 Å². The first-order chi connectivity index (χ1) is 9.25. The molecule has 0 fully saturated rings. The summed E-state index contributed by atoms with van der Waals surface area (Å²) in [7, 11) is 1.67. The zero-order valence-corrected chi connectivity index (χ0v) is 12.8. The topological polar surface area (TPSA) is 63.8 Å². The molecule has 2 rings (SSSR count). The Morgan fingerprint density at radius 1 is 1.38 bits per heavy atom. The molecule has 0 spiro atoms. The van der Waals surface area contributed by atoms with E-state index in [0.717, 1.165) is 11.8 Å². The zero-order chi connectivity index (χ0) is 14.9. The fourth-order valence-electron chi connectivity index (χ4n) is 1.36. The van der Waals surface area contributed by atoms with Crippen LogP contribution in [-0.4, -0.2) is 24.9 Å². The van der Waals surface area contributed by atoms with Gasteiger partial charge < -0.3 is 5.11 Å². The highest BCUT2D eigenvalue weighted by Gasteiger charge is 2.33. The third kappa shape index (κ3) is 4.65. The van der Waals surface area contributed by atoms with Gasteiger partial charge in [0.05, 0.1) is 10.7 Å². The van der Waals surface area contributed by atoms with Gasteiger partial charge in [0.25, 0.3) is 0 Å². The van der Waals surface area contributed by atoms with Crippen LogP contribution in [0.3, 0.4) is 0 Å². The molecular formula is C10H9Cl2F3N4OS. The predicted molar refractivity (Wildman–Crippen MR) is 73.7 cm³/mol. The van der Waals surface area contributed by atoms with Crippen LogP contribution in [-0.2, 0) is 19.0 Å². The molecule has 5 nitrogen and oxygen atoms in total. The van der Waals surface area contributed by atoms with E-state index < -0.39 is 17.8 Å². The molecule has 21 heavy (non-hydrogen) atoms. The van der Waals surface area contributed by atoms with Crippen LogP contribution < -0.4 is 0 Å². The van der Waals surface area contributed by atoms with Crippen molar-refractivity contribution in [3.63, 3.8) is 0 Å². The molecule has 0 radical (unpaired) electrons. The smallest absolute Gasteiger partial charge is 0.433 e. The minimum Gasteiger partial charge on any atom is -0.493 e. The molecule has 0 saturated heterocycles. The molecule has 2 heterocycles. The third-order valence-electron chi connectivity index (χ3n) is 2.17. The molecule has 1 N–H and O–H groups in total. The number of halogens is 5. The first-order valence-electron chi connectivity index (χ1n) is 5.22. The fraction of sp³-hybridized carbons (Fsp3) is 0.300. The number of aromatic nitrogens is 4. The molecular weight excluding hydrogens is 352 g/mol. The van der Waals surface area contributed by atoms with Gasteiger partial charge in [-0.25, -0.2) is 4.98 Å². The number of aromatic hydroxyl groups is 1. The molecule has 0 amide bonds. The van der Waals surface area contributed by atoms with Crippen LogP contribution in [0.25, 0.3) is 0 Å². The summed E-state index contributed by atoms with van der Waals surface area (Å²) in [5, 5.41) is 13.4.